The molecule has 1 rings (SSSR count). The molecule has 0 spiro atoms. The summed E-state index contributed by atoms with van der Waals surface area (Å²) in [4.78, 5) is 2.12. The fourth-order valence-corrected chi connectivity index (χ4v) is 1.91. The summed E-state index contributed by atoms with van der Waals surface area (Å²) in [6.45, 7) is 4.42. The highest BCUT2D eigenvalue weighted by Crippen LogP contribution is 2.22. The number of aliphatic hydroxyl groups is 1. The standard InChI is InChI=1S/C13H20ClNO2/c1-2-3-6-15(7-8-16)10-11-9-12(14)4-5-13(11)17/h4-5,9,16-17H,2-3,6-8,10H2,1H3. The normalized spacial score (nSPS) is 11.1. The van der Waals surface area contributed by atoms with Gasteiger partial charge in [0.2, 0.25) is 0 Å². The van der Waals surface area contributed by atoms with Gasteiger partial charge >= 0.3 is 0 Å². The van der Waals surface area contributed by atoms with E-state index in [-0.39, 0.29) is 12.4 Å². The summed E-state index contributed by atoms with van der Waals surface area (Å²) < 4.78 is 0. The molecule has 0 fully saturated rings. The van der Waals surface area contributed by atoms with E-state index in [9.17, 15) is 5.11 Å². The molecule has 4 heteroatoms. The predicted molar refractivity (Wildman–Crippen MR) is 70.4 cm³/mol. The Morgan fingerprint density at radius 1 is 1.29 bits per heavy atom. The average Bonchev–Trinajstić information content (AvgIpc) is 2.31. The third kappa shape index (κ3) is 4.94. The minimum Gasteiger partial charge on any atom is -0.508 e. The number of benzene rings is 1. The molecule has 1 aromatic rings. The smallest absolute Gasteiger partial charge is 0.120 e. The Labute approximate surface area is 108 Å². The second-order valence-corrected chi connectivity index (χ2v) is 4.56. The Morgan fingerprint density at radius 2 is 2.06 bits per heavy atom. The van der Waals surface area contributed by atoms with Crippen molar-refractivity contribution in [3.05, 3.63) is 28.8 Å². The highest BCUT2D eigenvalue weighted by Gasteiger charge is 2.08. The van der Waals surface area contributed by atoms with Crippen LogP contribution < -0.4 is 0 Å². The molecule has 2 N–H and O–H groups in total. The van der Waals surface area contributed by atoms with E-state index in [0.717, 1.165) is 24.9 Å². The van der Waals surface area contributed by atoms with Gasteiger partial charge in [-0.3, -0.25) is 4.90 Å². The summed E-state index contributed by atoms with van der Waals surface area (Å²) in [5.41, 5.74) is 0.807. The Kier molecular flexibility index (Phi) is 6.34. The fraction of sp³-hybridized carbons (Fsp3) is 0.538. The Hall–Kier alpha value is -0.770. The lowest BCUT2D eigenvalue weighted by Crippen LogP contribution is -2.27. The first-order valence-corrected chi connectivity index (χ1v) is 6.35. The van der Waals surface area contributed by atoms with Crippen LogP contribution in [0.2, 0.25) is 5.02 Å². The highest BCUT2D eigenvalue weighted by molar-refractivity contribution is 6.30. The van der Waals surface area contributed by atoms with Gasteiger partial charge in [0, 0.05) is 23.7 Å². The van der Waals surface area contributed by atoms with Crippen molar-refractivity contribution in [1.82, 2.24) is 4.90 Å². The molecule has 17 heavy (non-hydrogen) atoms. The molecule has 0 aromatic heterocycles. The van der Waals surface area contributed by atoms with Gasteiger partial charge in [-0.15, -0.1) is 0 Å². The molecule has 1 aromatic carbocycles. The molecule has 0 saturated heterocycles. The summed E-state index contributed by atoms with van der Waals surface area (Å²) in [5.74, 6) is 0.258. The van der Waals surface area contributed by atoms with Crippen LogP contribution in [0, 0.1) is 0 Å². The summed E-state index contributed by atoms with van der Waals surface area (Å²) >= 11 is 5.90. The lowest BCUT2D eigenvalue weighted by atomic mass is 10.2. The number of halogens is 1. The first-order valence-electron chi connectivity index (χ1n) is 5.98. The molecule has 0 radical (unpaired) electrons. The number of nitrogens with zero attached hydrogens (tertiary/aromatic N) is 1. The number of hydrogen-bond acceptors (Lipinski definition) is 3. The minimum absolute atomic E-state index is 0.130. The summed E-state index contributed by atoms with van der Waals surface area (Å²) in [6, 6.07) is 5.05. The van der Waals surface area contributed by atoms with Gasteiger partial charge in [0.05, 0.1) is 6.61 Å². The summed E-state index contributed by atoms with van der Waals surface area (Å²) in [5, 5.41) is 19.4. The van der Waals surface area contributed by atoms with Crippen molar-refractivity contribution < 1.29 is 10.2 Å². The van der Waals surface area contributed by atoms with Gasteiger partial charge in [-0.2, -0.15) is 0 Å². The average molecular weight is 258 g/mol. The molecule has 0 aliphatic carbocycles. The number of phenols is 1. The SMILES string of the molecule is CCCCN(CCO)Cc1cc(Cl)ccc1O. The molecule has 0 saturated carbocycles. The van der Waals surface area contributed by atoms with Crippen LogP contribution in [0.15, 0.2) is 18.2 Å². The van der Waals surface area contributed by atoms with Gasteiger partial charge in [-0.05, 0) is 31.2 Å². The van der Waals surface area contributed by atoms with Crippen molar-refractivity contribution in [3.8, 4) is 5.75 Å². The van der Waals surface area contributed by atoms with Gasteiger partial charge in [0.15, 0.2) is 0 Å². The Bertz CT molecular complexity index is 344. The molecule has 0 unspecified atom stereocenters. The zero-order valence-corrected chi connectivity index (χ0v) is 11.0. The van der Waals surface area contributed by atoms with Gasteiger partial charge in [0.1, 0.15) is 5.75 Å². The van der Waals surface area contributed by atoms with E-state index in [0.29, 0.717) is 18.1 Å². The van der Waals surface area contributed by atoms with Crippen molar-refractivity contribution in [3.63, 3.8) is 0 Å². The lowest BCUT2D eigenvalue weighted by molar-refractivity contribution is 0.187. The van der Waals surface area contributed by atoms with Gasteiger partial charge < -0.3 is 10.2 Å². The first-order chi connectivity index (χ1) is 8.17. The van der Waals surface area contributed by atoms with Crippen LogP contribution in [0.4, 0.5) is 0 Å². The van der Waals surface area contributed by atoms with Crippen LogP contribution in [0.25, 0.3) is 0 Å². The van der Waals surface area contributed by atoms with E-state index in [1.807, 2.05) is 0 Å². The largest absolute Gasteiger partial charge is 0.508 e. The van der Waals surface area contributed by atoms with Crippen molar-refractivity contribution in [2.45, 2.75) is 26.3 Å². The second kappa shape index (κ2) is 7.54. The number of hydrogen-bond donors (Lipinski definition) is 2. The van der Waals surface area contributed by atoms with Crippen LogP contribution in [-0.4, -0.2) is 34.8 Å². The topological polar surface area (TPSA) is 43.7 Å². The van der Waals surface area contributed by atoms with Crippen molar-refractivity contribution in [2.24, 2.45) is 0 Å². The third-order valence-corrected chi connectivity index (χ3v) is 2.91. The Balaban J connectivity index is 2.67. The van der Waals surface area contributed by atoms with E-state index < -0.39 is 0 Å². The molecule has 96 valence electrons. The Morgan fingerprint density at radius 3 is 2.71 bits per heavy atom. The maximum atomic E-state index is 9.73. The lowest BCUT2D eigenvalue weighted by Gasteiger charge is -2.21. The van der Waals surface area contributed by atoms with Gasteiger partial charge in [-0.25, -0.2) is 0 Å². The van der Waals surface area contributed by atoms with Crippen molar-refractivity contribution >= 4 is 11.6 Å². The molecule has 0 bridgehead atoms. The fourth-order valence-electron chi connectivity index (χ4n) is 1.71. The van der Waals surface area contributed by atoms with Crippen LogP contribution in [-0.2, 0) is 6.54 Å². The quantitative estimate of drug-likeness (QED) is 0.789. The highest BCUT2D eigenvalue weighted by atomic mass is 35.5. The number of phenolic OH excluding ortho intramolecular Hbond substituents is 1. The second-order valence-electron chi connectivity index (χ2n) is 4.13. The van der Waals surface area contributed by atoms with E-state index >= 15 is 0 Å². The number of aromatic hydroxyl groups is 1. The van der Waals surface area contributed by atoms with E-state index in [4.69, 9.17) is 16.7 Å². The third-order valence-electron chi connectivity index (χ3n) is 2.68. The van der Waals surface area contributed by atoms with Gasteiger partial charge in [0.25, 0.3) is 0 Å². The molecule has 0 aliphatic rings. The number of aliphatic hydroxyl groups excluding tert-OH is 1. The minimum atomic E-state index is 0.130. The molecular formula is C13H20ClNO2. The number of rotatable bonds is 7. The van der Waals surface area contributed by atoms with Crippen LogP contribution in [0.1, 0.15) is 25.3 Å². The van der Waals surface area contributed by atoms with Crippen LogP contribution in [0.5, 0.6) is 5.75 Å². The predicted octanol–water partition coefficient (Wildman–Crippen LogP) is 2.64. The molecule has 0 heterocycles. The maximum absolute atomic E-state index is 9.73. The number of unbranched alkanes of at least 4 members (excludes halogenated alkanes) is 1. The summed E-state index contributed by atoms with van der Waals surface area (Å²) in [7, 11) is 0. The first kappa shape index (κ1) is 14.3. The zero-order valence-electron chi connectivity index (χ0n) is 10.2. The monoisotopic (exact) mass is 257 g/mol. The van der Waals surface area contributed by atoms with E-state index in [1.165, 1.54) is 0 Å². The van der Waals surface area contributed by atoms with Crippen LogP contribution >= 0.6 is 11.6 Å². The van der Waals surface area contributed by atoms with E-state index in [2.05, 4.69) is 11.8 Å². The molecule has 0 atom stereocenters. The van der Waals surface area contributed by atoms with Gasteiger partial charge in [-0.1, -0.05) is 24.9 Å². The van der Waals surface area contributed by atoms with Crippen molar-refractivity contribution in [1.29, 1.82) is 0 Å². The maximum Gasteiger partial charge on any atom is 0.120 e. The zero-order chi connectivity index (χ0) is 12.7. The molecule has 3 nitrogen and oxygen atoms in total. The molecule has 0 amide bonds. The van der Waals surface area contributed by atoms with Crippen LogP contribution in [0.3, 0.4) is 0 Å². The van der Waals surface area contributed by atoms with Crippen molar-refractivity contribution in [2.75, 3.05) is 19.7 Å². The summed E-state index contributed by atoms with van der Waals surface area (Å²) in [6.07, 6.45) is 2.20. The molecule has 0 aliphatic heterocycles. The molecular weight excluding hydrogens is 238 g/mol. The van der Waals surface area contributed by atoms with E-state index in [1.54, 1.807) is 18.2 Å².